The number of nitrogens with zero attached hydrogens (tertiary/aromatic N) is 1. The van der Waals surface area contributed by atoms with Gasteiger partial charge in [0, 0.05) is 18.1 Å². The largest absolute Gasteiger partial charge is 0.494 e. The lowest BCUT2D eigenvalue weighted by Gasteiger charge is -2.35. The van der Waals surface area contributed by atoms with Crippen LogP contribution in [0.4, 0.5) is 14.5 Å². The van der Waals surface area contributed by atoms with Crippen molar-refractivity contribution in [2.75, 3.05) is 18.0 Å². The van der Waals surface area contributed by atoms with Gasteiger partial charge in [0.05, 0.1) is 29.3 Å². The second-order valence-electron chi connectivity index (χ2n) is 8.66. The molecule has 3 aromatic rings. The van der Waals surface area contributed by atoms with Crippen molar-refractivity contribution in [3.8, 4) is 11.5 Å². The lowest BCUT2D eigenvalue weighted by molar-refractivity contribution is -0.137. The molecule has 1 N–H and O–H groups in total. The van der Waals surface area contributed by atoms with Gasteiger partial charge in [-0.3, -0.25) is 9.10 Å². The van der Waals surface area contributed by atoms with Gasteiger partial charge in [0.15, 0.2) is 11.6 Å². The number of anilines is 1. The third kappa shape index (κ3) is 5.61. The van der Waals surface area contributed by atoms with Gasteiger partial charge in [-0.1, -0.05) is 29.8 Å². The van der Waals surface area contributed by atoms with Crippen LogP contribution in [0.1, 0.15) is 30.9 Å². The molecule has 3 aromatic carbocycles. The molecule has 38 heavy (non-hydrogen) atoms. The molecule has 1 aliphatic rings. The van der Waals surface area contributed by atoms with E-state index in [4.69, 9.17) is 26.2 Å². The maximum absolute atomic E-state index is 14.4. The first-order chi connectivity index (χ1) is 18.0. The number of ether oxygens (including phenoxy) is 2. The van der Waals surface area contributed by atoms with Crippen LogP contribution >= 0.6 is 11.6 Å². The van der Waals surface area contributed by atoms with Crippen LogP contribution in [0.3, 0.4) is 0 Å². The first kappa shape index (κ1) is 27.4. The number of aliphatic carboxylic acids is 1. The molecule has 0 aliphatic carbocycles. The first-order valence-electron chi connectivity index (χ1n) is 11.5. The van der Waals surface area contributed by atoms with E-state index < -0.39 is 33.7 Å². The fraction of sp³-hybridized carbons (Fsp3) is 0.222. The summed E-state index contributed by atoms with van der Waals surface area (Å²) < 4.78 is 67.9. The topological polar surface area (TPSA) is 93.1 Å². The van der Waals surface area contributed by atoms with Crippen LogP contribution in [-0.2, 0) is 14.8 Å². The Balaban J connectivity index is 1.80. The van der Waals surface area contributed by atoms with Crippen LogP contribution in [0.25, 0.3) is 11.6 Å². The van der Waals surface area contributed by atoms with Crippen molar-refractivity contribution in [1.29, 1.82) is 0 Å². The molecule has 1 heterocycles. The molecule has 0 radical (unpaired) electrons. The molecule has 1 aliphatic heterocycles. The van der Waals surface area contributed by atoms with E-state index in [0.29, 0.717) is 11.1 Å². The van der Waals surface area contributed by atoms with Gasteiger partial charge < -0.3 is 14.6 Å². The van der Waals surface area contributed by atoms with Gasteiger partial charge in [-0.05, 0) is 60.9 Å². The number of carbonyl (C=O) groups is 1. The number of hydrogen-bond donors (Lipinski definition) is 1. The van der Waals surface area contributed by atoms with E-state index in [1.807, 2.05) is 0 Å². The predicted octanol–water partition coefficient (Wildman–Crippen LogP) is 6.01. The van der Waals surface area contributed by atoms with Crippen LogP contribution in [0.15, 0.2) is 59.5 Å². The fourth-order valence-electron chi connectivity index (χ4n) is 4.21. The number of halogens is 3. The summed E-state index contributed by atoms with van der Waals surface area (Å²) in [5, 5.41) is 9.33. The summed E-state index contributed by atoms with van der Waals surface area (Å²) in [4.78, 5) is 10.9. The van der Waals surface area contributed by atoms with Crippen molar-refractivity contribution in [3.63, 3.8) is 0 Å². The monoisotopic (exact) mass is 563 g/mol. The highest BCUT2D eigenvalue weighted by Crippen LogP contribution is 2.40. The molecule has 0 saturated heterocycles. The number of rotatable bonds is 8. The zero-order valence-electron chi connectivity index (χ0n) is 20.4. The molecule has 0 spiro atoms. The average Bonchev–Trinajstić information content (AvgIpc) is 2.87. The maximum Gasteiger partial charge on any atom is 0.303 e. The number of sulfonamides is 1. The predicted molar refractivity (Wildman–Crippen MR) is 140 cm³/mol. The van der Waals surface area contributed by atoms with Gasteiger partial charge in [0.2, 0.25) is 0 Å². The van der Waals surface area contributed by atoms with Crippen molar-refractivity contribution in [1.82, 2.24) is 0 Å². The average molecular weight is 564 g/mol. The second-order valence-corrected chi connectivity index (χ2v) is 10.9. The highest BCUT2D eigenvalue weighted by atomic mass is 35.5. The summed E-state index contributed by atoms with van der Waals surface area (Å²) in [6, 6.07) is 12.4. The van der Waals surface area contributed by atoms with Gasteiger partial charge in [-0.15, -0.1) is 0 Å². The molecular weight excluding hydrogens is 540 g/mol. The zero-order chi connectivity index (χ0) is 27.6. The van der Waals surface area contributed by atoms with E-state index in [1.165, 1.54) is 19.2 Å². The number of benzene rings is 3. The first-order valence-corrected chi connectivity index (χ1v) is 13.3. The molecule has 11 heteroatoms. The molecule has 7 nitrogen and oxygen atoms in total. The van der Waals surface area contributed by atoms with E-state index in [-0.39, 0.29) is 52.1 Å². The summed E-state index contributed by atoms with van der Waals surface area (Å²) in [7, 11) is -3.02. The number of fused-ring (bicyclic) bond motifs is 1. The summed E-state index contributed by atoms with van der Waals surface area (Å²) in [5.41, 5.74) is 1.48. The Morgan fingerprint density at radius 2 is 1.95 bits per heavy atom. The number of carboxylic acid groups (broad SMARTS) is 1. The van der Waals surface area contributed by atoms with Gasteiger partial charge in [0.1, 0.15) is 17.7 Å². The number of allylic oxidation sites excluding steroid dienone is 1. The van der Waals surface area contributed by atoms with Crippen molar-refractivity contribution in [3.05, 3.63) is 82.4 Å². The lowest BCUT2D eigenvalue weighted by Crippen LogP contribution is -2.43. The minimum absolute atomic E-state index is 0.0695. The second kappa shape index (κ2) is 11.0. The third-order valence-corrected chi connectivity index (χ3v) is 8.14. The molecule has 0 fully saturated rings. The Morgan fingerprint density at radius 1 is 1.18 bits per heavy atom. The minimum atomic E-state index is -4.25. The van der Waals surface area contributed by atoms with E-state index in [9.17, 15) is 22.0 Å². The Morgan fingerprint density at radius 3 is 2.63 bits per heavy atom. The molecular formula is C27H24ClF2NO6S. The van der Waals surface area contributed by atoms with Crippen LogP contribution in [0.5, 0.6) is 11.5 Å². The summed E-state index contributed by atoms with van der Waals surface area (Å²) in [5.74, 6) is -2.27. The number of methoxy groups -OCH3 is 1. The molecule has 0 bridgehead atoms. The molecule has 1 unspecified atom stereocenters. The van der Waals surface area contributed by atoms with Gasteiger partial charge in [-0.25, -0.2) is 17.2 Å². The van der Waals surface area contributed by atoms with Crippen molar-refractivity contribution in [2.24, 2.45) is 0 Å². The van der Waals surface area contributed by atoms with Gasteiger partial charge in [0.25, 0.3) is 10.0 Å². The zero-order valence-corrected chi connectivity index (χ0v) is 22.0. The Bertz CT molecular complexity index is 1510. The highest BCUT2D eigenvalue weighted by Gasteiger charge is 2.35. The molecule has 0 saturated carbocycles. The van der Waals surface area contributed by atoms with E-state index in [0.717, 1.165) is 22.5 Å². The molecule has 0 aromatic heterocycles. The fourth-order valence-corrected chi connectivity index (χ4v) is 6.03. The lowest BCUT2D eigenvalue weighted by atomic mass is 10.0. The third-order valence-electron chi connectivity index (χ3n) is 6.05. The summed E-state index contributed by atoms with van der Waals surface area (Å²) in [6.07, 6.45) is 0.769. The molecule has 0 amide bonds. The Labute approximate surface area is 223 Å². The van der Waals surface area contributed by atoms with E-state index in [1.54, 1.807) is 37.3 Å². The maximum atomic E-state index is 14.4. The quantitative estimate of drug-likeness (QED) is 0.337. The minimum Gasteiger partial charge on any atom is -0.494 e. The van der Waals surface area contributed by atoms with Crippen molar-refractivity contribution >= 4 is 44.9 Å². The van der Waals surface area contributed by atoms with E-state index in [2.05, 4.69) is 0 Å². The summed E-state index contributed by atoms with van der Waals surface area (Å²) in [6.45, 7) is 1.51. The summed E-state index contributed by atoms with van der Waals surface area (Å²) >= 11 is 6.19. The van der Waals surface area contributed by atoms with Crippen LogP contribution in [0, 0.1) is 11.6 Å². The SMILES string of the molecule is COc1cc(S(=O)(=O)N2CC(CCC(=O)O)Oc3ccc(C=C(C)c4c(F)cccc4Cl)cc32)ccc1F. The van der Waals surface area contributed by atoms with E-state index >= 15 is 0 Å². The van der Waals surface area contributed by atoms with Gasteiger partial charge in [-0.2, -0.15) is 0 Å². The smallest absolute Gasteiger partial charge is 0.303 e. The normalized spacial score (nSPS) is 15.6. The number of carboxylic acids is 1. The van der Waals surface area contributed by atoms with Gasteiger partial charge >= 0.3 is 5.97 Å². The van der Waals surface area contributed by atoms with Crippen molar-refractivity contribution in [2.45, 2.75) is 30.8 Å². The van der Waals surface area contributed by atoms with Crippen LogP contribution in [0.2, 0.25) is 5.02 Å². The highest BCUT2D eigenvalue weighted by molar-refractivity contribution is 7.92. The molecule has 4 rings (SSSR count). The van der Waals surface area contributed by atoms with Crippen LogP contribution in [-0.4, -0.2) is 39.3 Å². The molecule has 200 valence electrons. The molecule has 1 atom stereocenters. The standard InChI is InChI=1S/C27H24ClF2NO6S/c1-16(27-20(28)4-3-5-22(27)30)12-17-6-10-24-23(13-17)31(15-18(37-24)7-11-26(32)33)38(34,35)19-8-9-21(29)25(14-19)36-2/h3-6,8-10,12-14,18H,7,11,15H2,1-2H3,(H,32,33). The van der Waals surface area contributed by atoms with Crippen molar-refractivity contribution < 1.29 is 36.6 Å². The Hall–Kier alpha value is -3.63. The Kier molecular flexibility index (Phi) is 7.94. The van der Waals surface area contributed by atoms with Crippen LogP contribution < -0.4 is 13.8 Å². The number of hydrogen-bond acceptors (Lipinski definition) is 5.